The quantitative estimate of drug-likeness (QED) is 0.647. The molecule has 6 nitrogen and oxygen atoms in total. The fraction of sp³-hybridized carbons (Fsp3) is 0.385. The Labute approximate surface area is 112 Å². The number of carbonyl (C=O) groups excluding carboxylic acids is 2. The van der Waals surface area contributed by atoms with Crippen LogP contribution in [0.4, 0.5) is 0 Å². The van der Waals surface area contributed by atoms with Gasteiger partial charge in [0, 0.05) is 20.2 Å². The van der Waals surface area contributed by atoms with E-state index in [2.05, 4.69) is 15.4 Å². The number of hydrogen-bond donors (Lipinski definition) is 2. The second-order valence-corrected chi connectivity index (χ2v) is 3.73. The number of para-hydroxylation sites is 1. The van der Waals surface area contributed by atoms with Crippen LogP contribution in [0, 0.1) is 0 Å². The normalized spacial score (nSPS) is 9.74. The van der Waals surface area contributed by atoms with E-state index in [0.29, 0.717) is 18.8 Å². The van der Waals surface area contributed by atoms with Crippen molar-refractivity contribution in [3.63, 3.8) is 0 Å². The number of ether oxygens (including phenoxy) is 2. The van der Waals surface area contributed by atoms with Gasteiger partial charge < -0.3 is 20.1 Å². The van der Waals surface area contributed by atoms with E-state index >= 15 is 0 Å². The van der Waals surface area contributed by atoms with Crippen LogP contribution in [-0.4, -0.2) is 45.2 Å². The van der Waals surface area contributed by atoms with Crippen LogP contribution < -0.4 is 15.4 Å². The van der Waals surface area contributed by atoms with Gasteiger partial charge in [-0.05, 0) is 12.1 Å². The van der Waals surface area contributed by atoms with Crippen molar-refractivity contribution in [1.82, 2.24) is 10.6 Å². The van der Waals surface area contributed by atoms with E-state index in [-0.39, 0.29) is 25.0 Å². The highest BCUT2D eigenvalue weighted by atomic mass is 16.5. The Morgan fingerprint density at radius 2 is 1.58 bits per heavy atom. The Hall–Kier alpha value is -2.08. The van der Waals surface area contributed by atoms with Gasteiger partial charge in [-0.15, -0.1) is 0 Å². The van der Waals surface area contributed by atoms with Gasteiger partial charge in [-0.3, -0.25) is 9.59 Å². The molecule has 0 saturated carbocycles. The summed E-state index contributed by atoms with van der Waals surface area (Å²) in [7, 11) is 1.45. The van der Waals surface area contributed by atoms with Crippen molar-refractivity contribution < 1.29 is 19.1 Å². The molecule has 0 bridgehead atoms. The molecule has 1 aromatic rings. The number of benzene rings is 1. The van der Waals surface area contributed by atoms with Gasteiger partial charge in [0.25, 0.3) is 5.91 Å². The molecule has 0 atom stereocenters. The van der Waals surface area contributed by atoms with Gasteiger partial charge in [0.1, 0.15) is 12.4 Å². The summed E-state index contributed by atoms with van der Waals surface area (Å²) in [4.78, 5) is 22.4. The second kappa shape index (κ2) is 8.93. The van der Waals surface area contributed by atoms with Crippen LogP contribution in [0.1, 0.15) is 0 Å². The van der Waals surface area contributed by atoms with Crippen molar-refractivity contribution in [1.29, 1.82) is 0 Å². The predicted octanol–water partition coefficient (Wildman–Crippen LogP) is -0.0558. The number of methoxy groups -OCH3 is 1. The maximum absolute atomic E-state index is 11.4. The van der Waals surface area contributed by atoms with Crippen LogP contribution in [0.15, 0.2) is 30.3 Å². The van der Waals surface area contributed by atoms with Crippen LogP contribution in [-0.2, 0) is 14.3 Å². The van der Waals surface area contributed by atoms with Gasteiger partial charge in [0.15, 0.2) is 6.61 Å². The second-order valence-electron chi connectivity index (χ2n) is 3.73. The van der Waals surface area contributed by atoms with Gasteiger partial charge in [-0.25, -0.2) is 0 Å². The summed E-state index contributed by atoms with van der Waals surface area (Å²) in [5.41, 5.74) is 0. The molecule has 0 aliphatic rings. The summed E-state index contributed by atoms with van der Waals surface area (Å²) in [6.07, 6.45) is 0. The molecule has 6 heteroatoms. The lowest BCUT2D eigenvalue weighted by molar-refractivity contribution is -0.125. The summed E-state index contributed by atoms with van der Waals surface area (Å²) in [5, 5.41) is 5.22. The SMILES string of the molecule is COCC(=O)NCCNC(=O)COc1ccccc1. The average molecular weight is 266 g/mol. The molecule has 0 radical (unpaired) electrons. The monoisotopic (exact) mass is 266 g/mol. The maximum Gasteiger partial charge on any atom is 0.258 e. The Bertz CT molecular complexity index is 395. The van der Waals surface area contributed by atoms with Crippen molar-refractivity contribution in [2.45, 2.75) is 0 Å². The van der Waals surface area contributed by atoms with Gasteiger partial charge >= 0.3 is 0 Å². The van der Waals surface area contributed by atoms with E-state index < -0.39 is 0 Å². The van der Waals surface area contributed by atoms with Crippen LogP contribution in [0.2, 0.25) is 0 Å². The number of hydrogen-bond acceptors (Lipinski definition) is 4. The number of nitrogens with one attached hydrogen (secondary N) is 2. The van der Waals surface area contributed by atoms with Crippen molar-refractivity contribution >= 4 is 11.8 Å². The third-order valence-electron chi connectivity index (χ3n) is 2.16. The lowest BCUT2D eigenvalue weighted by atomic mass is 10.3. The fourth-order valence-electron chi connectivity index (χ4n) is 1.30. The first-order valence-electron chi connectivity index (χ1n) is 5.92. The Kier molecular flexibility index (Phi) is 7.04. The summed E-state index contributed by atoms with van der Waals surface area (Å²) in [6.45, 7) is 0.687. The first-order valence-corrected chi connectivity index (χ1v) is 5.92. The molecule has 0 unspecified atom stereocenters. The van der Waals surface area contributed by atoms with Gasteiger partial charge in [-0.2, -0.15) is 0 Å². The zero-order valence-electron chi connectivity index (χ0n) is 10.8. The van der Waals surface area contributed by atoms with Crippen LogP contribution in [0.25, 0.3) is 0 Å². The van der Waals surface area contributed by atoms with Crippen molar-refractivity contribution in [2.24, 2.45) is 0 Å². The third-order valence-corrected chi connectivity index (χ3v) is 2.16. The molecule has 0 heterocycles. The molecule has 0 saturated heterocycles. The molecule has 1 rings (SSSR count). The van der Waals surface area contributed by atoms with E-state index in [1.165, 1.54) is 7.11 Å². The predicted molar refractivity (Wildman–Crippen MR) is 69.8 cm³/mol. The van der Waals surface area contributed by atoms with Crippen LogP contribution in [0.3, 0.4) is 0 Å². The standard InChI is InChI=1S/C13H18N2O4/c1-18-9-12(16)14-7-8-15-13(17)10-19-11-5-3-2-4-6-11/h2-6H,7-10H2,1H3,(H,14,16)(H,15,17). The summed E-state index contributed by atoms with van der Waals surface area (Å²) >= 11 is 0. The molecule has 2 amide bonds. The Balaban J connectivity index is 2.07. The smallest absolute Gasteiger partial charge is 0.258 e. The number of rotatable bonds is 8. The summed E-state index contributed by atoms with van der Waals surface area (Å²) in [5.74, 6) is 0.202. The lowest BCUT2D eigenvalue weighted by Crippen LogP contribution is -2.37. The minimum Gasteiger partial charge on any atom is -0.484 e. The fourth-order valence-corrected chi connectivity index (χ4v) is 1.30. The largest absolute Gasteiger partial charge is 0.484 e. The van der Waals surface area contributed by atoms with Gasteiger partial charge in [0.2, 0.25) is 5.91 Å². The van der Waals surface area contributed by atoms with Crippen LogP contribution >= 0.6 is 0 Å². The molecular formula is C13H18N2O4. The molecule has 0 aliphatic carbocycles. The molecule has 0 aliphatic heterocycles. The summed E-state index contributed by atoms with van der Waals surface area (Å²) in [6, 6.07) is 9.09. The van der Waals surface area contributed by atoms with E-state index in [1.54, 1.807) is 12.1 Å². The Morgan fingerprint density at radius 1 is 1.00 bits per heavy atom. The number of carbonyl (C=O) groups is 2. The van der Waals surface area contributed by atoms with E-state index in [9.17, 15) is 9.59 Å². The highest BCUT2D eigenvalue weighted by Crippen LogP contribution is 2.07. The minimum absolute atomic E-state index is 0.0189. The van der Waals surface area contributed by atoms with Crippen LogP contribution in [0.5, 0.6) is 5.75 Å². The van der Waals surface area contributed by atoms with Crippen molar-refractivity contribution in [3.8, 4) is 5.75 Å². The molecule has 19 heavy (non-hydrogen) atoms. The highest BCUT2D eigenvalue weighted by molar-refractivity contribution is 5.78. The molecule has 2 N–H and O–H groups in total. The molecule has 0 aromatic heterocycles. The topological polar surface area (TPSA) is 76.7 Å². The minimum atomic E-state index is -0.232. The van der Waals surface area contributed by atoms with Gasteiger partial charge in [0.05, 0.1) is 0 Å². The van der Waals surface area contributed by atoms with E-state index in [4.69, 9.17) is 4.74 Å². The van der Waals surface area contributed by atoms with Crippen molar-refractivity contribution in [2.75, 3.05) is 33.4 Å². The highest BCUT2D eigenvalue weighted by Gasteiger charge is 2.02. The first-order chi connectivity index (χ1) is 9.22. The maximum atomic E-state index is 11.4. The third kappa shape index (κ3) is 7.05. The zero-order chi connectivity index (χ0) is 13.9. The first kappa shape index (κ1) is 15.0. The van der Waals surface area contributed by atoms with Gasteiger partial charge in [-0.1, -0.05) is 18.2 Å². The molecular weight excluding hydrogens is 248 g/mol. The molecule has 0 spiro atoms. The molecule has 1 aromatic carbocycles. The zero-order valence-corrected chi connectivity index (χ0v) is 10.8. The Morgan fingerprint density at radius 3 is 2.16 bits per heavy atom. The molecule has 104 valence electrons. The van der Waals surface area contributed by atoms with E-state index in [0.717, 1.165) is 0 Å². The summed E-state index contributed by atoms with van der Waals surface area (Å²) < 4.78 is 9.92. The number of amides is 2. The molecule has 0 fully saturated rings. The average Bonchev–Trinajstić information content (AvgIpc) is 2.43. The van der Waals surface area contributed by atoms with Crippen molar-refractivity contribution in [3.05, 3.63) is 30.3 Å². The lowest BCUT2D eigenvalue weighted by Gasteiger charge is -2.08. The van der Waals surface area contributed by atoms with E-state index in [1.807, 2.05) is 18.2 Å².